The summed E-state index contributed by atoms with van der Waals surface area (Å²) >= 11 is 0. The van der Waals surface area contributed by atoms with Crippen molar-refractivity contribution < 1.29 is 28.9 Å². The zero-order valence-corrected chi connectivity index (χ0v) is 19.4. The number of hydrogen-bond acceptors (Lipinski definition) is 6. The zero-order chi connectivity index (χ0) is 24.4. The summed E-state index contributed by atoms with van der Waals surface area (Å²) in [4.78, 5) is 28.0. The largest absolute Gasteiger partial charge is 0.507 e. The molecule has 3 aromatic carbocycles. The minimum Gasteiger partial charge on any atom is -0.507 e. The number of ether oxygens (including phenoxy) is 3. The summed E-state index contributed by atoms with van der Waals surface area (Å²) in [6, 6.07) is 18.4. The molecule has 0 aliphatic carbocycles. The predicted octanol–water partition coefficient (Wildman–Crippen LogP) is 4.65. The van der Waals surface area contributed by atoms with E-state index in [1.165, 1.54) is 19.1 Å². The lowest BCUT2D eigenvalue weighted by molar-refractivity contribution is -0.132. The Kier molecular flexibility index (Phi) is 6.27. The number of rotatable bonds is 6. The Bertz CT molecular complexity index is 1280. The number of aliphatic hydroxyl groups is 1. The van der Waals surface area contributed by atoms with Gasteiger partial charge in [-0.2, -0.15) is 0 Å². The molecule has 1 fully saturated rings. The van der Waals surface area contributed by atoms with E-state index < -0.39 is 17.7 Å². The van der Waals surface area contributed by atoms with Gasteiger partial charge in [0, 0.05) is 5.69 Å². The summed E-state index contributed by atoms with van der Waals surface area (Å²) in [5.41, 5.74) is 2.38. The lowest BCUT2D eigenvalue weighted by atomic mass is 9.94. The van der Waals surface area contributed by atoms with E-state index in [0.29, 0.717) is 28.5 Å². The highest BCUT2D eigenvalue weighted by Crippen LogP contribution is 2.44. The summed E-state index contributed by atoms with van der Waals surface area (Å²) in [5.74, 6) is -0.425. The normalized spacial score (nSPS) is 17.1. The van der Waals surface area contributed by atoms with Gasteiger partial charge in [0.15, 0.2) is 0 Å². The van der Waals surface area contributed by atoms with Gasteiger partial charge in [0.1, 0.15) is 23.0 Å². The Morgan fingerprint density at radius 3 is 2.15 bits per heavy atom. The summed E-state index contributed by atoms with van der Waals surface area (Å²) < 4.78 is 15.9. The van der Waals surface area contributed by atoms with Crippen molar-refractivity contribution in [2.24, 2.45) is 0 Å². The highest BCUT2D eigenvalue weighted by Gasteiger charge is 2.47. The SMILES string of the molecule is COc1ccc(N2C(=O)C(=O)/C(=C(/O)c3cc(OC)ccc3OC)C2c2cccc(C)c2)cc1. The molecule has 3 aromatic rings. The maximum Gasteiger partial charge on any atom is 0.300 e. The number of ketones is 1. The van der Waals surface area contributed by atoms with Gasteiger partial charge in [0.25, 0.3) is 11.7 Å². The minimum atomic E-state index is -0.843. The van der Waals surface area contributed by atoms with E-state index in [4.69, 9.17) is 14.2 Å². The van der Waals surface area contributed by atoms with Crippen LogP contribution >= 0.6 is 0 Å². The quantitative estimate of drug-likeness (QED) is 0.328. The molecule has 0 spiro atoms. The molecule has 0 aromatic heterocycles. The molecule has 0 saturated carbocycles. The van der Waals surface area contributed by atoms with Gasteiger partial charge in [0.2, 0.25) is 0 Å². The van der Waals surface area contributed by atoms with Crippen LogP contribution in [0.15, 0.2) is 72.3 Å². The molecule has 0 radical (unpaired) electrons. The van der Waals surface area contributed by atoms with E-state index >= 15 is 0 Å². The molecule has 0 bridgehead atoms. The van der Waals surface area contributed by atoms with Gasteiger partial charge in [-0.05, 0) is 55.0 Å². The molecule has 34 heavy (non-hydrogen) atoms. The van der Waals surface area contributed by atoms with Gasteiger partial charge in [-0.3, -0.25) is 14.5 Å². The standard InChI is InChI=1S/C27H25NO6/c1-16-6-5-7-17(14-16)24-23(25(29)21-15-20(33-3)12-13-22(21)34-4)26(30)27(31)28(24)18-8-10-19(32-2)11-9-18/h5-15,24,29H,1-4H3/b25-23+. The van der Waals surface area contributed by atoms with Gasteiger partial charge < -0.3 is 19.3 Å². The molecule has 7 nitrogen and oxygen atoms in total. The van der Waals surface area contributed by atoms with E-state index in [9.17, 15) is 14.7 Å². The Morgan fingerprint density at radius 2 is 1.53 bits per heavy atom. The van der Waals surface area contributed by atoms with Crippen molar-refractivity contribution in [1.82, 2.24) is 0 Å². The smallest absolute Gasteiger partial charge is 0.300 e. The molecule has 1 heterocycles. The molecule has 1 aliphatic rings. The van der Waals surface area contributed by atoms with Gasteiger partial charge in [-0.1, -0.05) is 29.8 Å². The fraction of sp³-hybridized carbons (Fsp3) is 0.185. The second-order valence-corrected chi connectivity index (χ2v) is 7.85. The Labute approximate surface area is 197 Å². The van der Waals surface area contributed by atoms with Crippen molar-refractivity contribution in [3.05, 3.63) is 89.0 Å². The lowest BCUT2D eigenvalue weighted by Crippen LogP contribution is -2.29. The van der Waals surface area contributed by atoms with Crippen molar-refractivity contribution >= 4 is 23.1 Å². The van der Waals surface area contributed by atoms with E-state index in [2.05, 4.69) is 0 Å². The van der Waals surface area contributed by atoms with Crippen LogP contribution < -0.4 is 19.1 Å². The number of aryl methyl sites for hydroxylation is 1. The second-order valence-electron chi connectivity index (χ2n) is 7.85. The van der Waals surface area contributed by atoms with E-state index in [1.54, 1.807) is 49.6 Å². The highest BCUT2D eigenvalue weighted by molar-refractivity contribution is 6.51. The van der Waals surface area contributed by atoms with Crippen LogP contribution in [0.5, 0.6) is 17.2 Å². The number of Topliss-reactive ketones (excluding diaryl/α,β-unsaturated/α-hetero) is 1. The third kappa shape index (κ3) is 3.96. The Balaban J connectivity index is 1.97. The number of carbonyl (C=O) groups excluding carboxylic acids is 2. The molecule has 1 unspecified atom stereocenters. The fourth-order valence-corrected chi connectivity index (χ4v) is 4.14. The molecule has 4 rings (SSSR count). The third-order valence-corrected chi connectivity index (χ3v) is 5.81. The summed E-state index contributed by atoms with van der Waals surface area (Å²) in [5, 5.41) is 11.4. The first kappa shape index (κ1) is 22.9. The van der Waals surface area contributed by atoms with Crippen molar-refractivity contribution in [2.75, 3.05) is 26.2 Å². The van der Waals surface area contributed by atoms with Gasteiger partial charge in [-0.15, -0.1) is 0 Å². The van der Waals surface area contributed by atoms with Gasteiger partial charge >= 0.3 is 0 Å². The Hall–Kier alpha value is -4.26. The first-order chi connectivity index (χ1) is 16.4. The summed E-state index contributed by atoms with van der Waals surface area (Å²) in [6.45, 7) is 1.92. The van der Waals surface area contributed by atoms with Crippen LogP contribution in [0.2, 0.25) is 0 Å². The Morgan fingerprint density at radius 1 is 0.853 bits per heavy atom. The van der Waals surface area contributed by atoms with Crippen LogP contribution in [0.25, 0.3) is 5.76 Å². The van der Waals surface area contributed by atoms with Crippen LogP contribution in [-0.4, -0.2) is 38.1 Å². The van der Waals surface area contributed by atoms with Gasteiger partial charge in [-0.25, -0.2) is 0 Å². The topological polar surface area (TPSA) is 85.3 Å². The van der Waals surface area contributed by atoms with Crippen LogP contribution in [0.4, 0.5) is 5.69 Å². The minimum absolute atomic E-state index is 0.0297. The molecule has 7 heteroatoms. The zero-order valence-electron chi connectivity index (χ0n) is 19.4. The van der Waals surface area contributed by atoms with E-state index in [1.807, 2.05) is 31.2 Å². The van der Waals surface area contributed by atoms with Crippen LogP contribution in [0.3, 0.4) is 0 Å². The monoisotopic (exact) mass is 459 g/mol. The molecule has 1 aliphatic heterocycles. The van der Waals surface area contributed by atoms with Crippen LogP contribution in [0, 0.1) is 6.92 Å². The van der Waals surface area contributed by atoms with Crippen molar-refractivity contribution in [1.29, 1.82) is 0 Å². The fourth-order valence-electron chi connectivity index (χ4n) is 4.14. The number of amides is 1. The van der Waals surface area contributed by atoms with Crippen molar-refractivity contribution in [3.63, 3.8) is 0 Å². The molecule has 1 amide bonds. The molecule has 1 atom stereocenters. The predicted molar refractivity (Wildman–Crippen MR) is 129 cm³/mol. The van der Waals surface area contributed by atoms with Crippen molar-refractivity contribution in [3.8, 4) is 17.2 Å². The number of methoxy groups -OCH3 is 3. The van der Waals surface area contributed by atoms with E-state index in [-0.39, 0.29) is 16.9 Å². The van der Waals surface area contributed by atoms with E-state index in [0.717, 1.165) is 5.56 Å². The average Bonchev–Trinajstić information content (AvgIpc) is 3.13. The third-order valence-electron chi connectivity index (χ3n) is 5.81. The molecular weight excluding hydrogens is 434 g/mol. The molecule has 1 N–H and O–H groups in total. The second kappa shape index (κ2) is 9.31. The number of aliphatic hydroxyl groups excluding tert-OH is 1. The number of hydrogen-bond donors (Lipinski definition) is 1. The number of nitrogens with zero attached hydrogens (tertiary/aromatic N) is 1. The maximum atomic E-state index is 13.3. The summed E-state index contributed by atoms with van der Waals surface area (Å²) in [6.07, 6.45) is 0. The van der Waals surface area contributed by atoms with Crippen LogP contribution in [-0.2, 0) is 9.59 Å². The first-order valence-electron chi connectivity index (χ1n) is 10.6. The average molecular weight is 459 g/mol. The summed E-state index contributed by atoms with van der Waals surface area (Å²) in [7, 11) is 4.52. The highest BCUT2D eigenvalue weighted by atomic mass is 16.5. The number of anilines is 1. The van der Waals surface area contributed by atoms with Crippen molar-refractivity contribution in [2.45, 2.75) is 13.0 Å². The lowest BCUT2D eigenvalue weighted by Gasteiger charge is -2.26. The molecule has 1 saturated heterocycles. The molecular formula is C27H25NO6. The number of carbonyl (C=O) groups is 2. The maximum absolute atomic E-state index is 13.3. The van der Waals surface area contributed by atoms with Crippen LogP contribution in [0.1, 0.15) is 22.7 Å². The number of benzene rings is 3. The first-order valence-corrected chi connectivity index (χ1v) is 10.6. The van der Waals surface area contributed by atoms with Gasteiger partial charge in [0.05, 0.1) is 38.5 Å². The molecule has 174 valence electrons.